The van der Waals surface area contributed by atoms with Gasteiger partial charge in [0.05, 0.1) is 17.2 Å². The molecule has 0 aliphatic heterocycles. The molecule has 0 amide bonds. The van der Waals surface area contributed by atoms with Crippen molar-refractivity contribution in [3.05, 3.63) is 45.9 Å². The van der Waals surface area contributed by atoms with E-state index in [1.54, 1.807) is 6.92 Å². The number of nitrogens with two attached hydrogens (primary N) is 1. The predicted octanol–water partition coefficient (Wildman–Crippen LogP) is 1.30. The van der Waals surface area contributed by atoms with E-state index in [0.29, 0.717) is 10.6 Å². The van der Waals surface area contributed by atoms with Gasteiger partial charge in [-0.05, 0) is 24.6 Å². The van der Waals surface area contributed by atoms with Crippen molar-refractivity contribution in [2.45, 2.75) is 23.3 Å². The number of nitrogens with one attached hydrogen (secondary N) is 1. The number of rotatable bonds is 3. The van der Waals surface area contributed by atoms with Crippen LogP contribution in [0.3, 0.4) is 0 Å². The maximum absolute atomic E-state index is 11.8. The van der Waals surface area contributed by atoms with Crippen LogP contribution in [0.4, 0.5) is 5.95 Å². The van der Waals surface area contributed by atoms with Crippen LogP contribution in [0.1, 0.15) is 11.3 Å². The number of H-pyrrole nitrogens is 1. The molecule has 0 aliphatic carbocycles. The summed E-state index contributed by atoms with van der Waals surface area (Å²) >= 11 is 1.33. The normalized spacial score (nSPS) is 10.6. The fourth-order valence-corrected chi connectivity index (χ4v) is 2.34. The second-order valence-electron chi connectivity index (χ2n) is 3.77. The molecule has 0 radical (unpaired) electrons. The molecule has 0 saturated carbocycles. The Bertz CT molecular complexity index is 608. The van der Waals surface area contributed by atoms with E-state index in [2.05, 4.69) is 9.97 Å². The van der Waals surface area contributed by atoms with Crippen molar-refractivity contribution < 1.29 is 5.11 Å². The maximum Gasteiger partial charge on any atom is 0.266 e. The minimum absolute atomic E-state index is 0.00792. The summed E-state index contributed by atoms with van der Waals surface area (Å²) in [5.41, 5.74) is 6.65. The topological polar surface area (TPSA) is 92.0 Å². The summed E-state index contributed by atoms with van der Waals surface area (Å²) in [6.45, 7) is 1.75. The van der Waals surface area contributed by atoms with Crippen LogP contribution < -0.4 is 11.3 Å². The van der Waals surface area contributed by atoms with E-state index in [0.717, 1.165) is 10.5 Å². The van der Waals surface area contributed by atoms with Gasteiger partial charge in [-0.25, -0.2) is 4.98 Å². The molecule has 0 saturated heterocycles. The van der Waals surface area contributed by atoms with Crippen molar-refractivity contribution in [3.8, 4) is 0 Å². The number of hydrogen-bond donors (Lipinski definition) is 3. The lowest BCUT2D eigenvalue weighted by atomic mass is 10.2. The smallest absolute Gasteiger partial charge is 0.266 e. The van der Waals surface area contributed by atoms with Gasteiger partial charge in [-0.15, -0.1) is 0 Å². The van der Waals surface area contributed by atoms with E-state index in [-0.39, 0.29) is 18.1 Å². The Morgan fingerprint density at radius 1 is 1.39 bits per heavy atom. The molecule has 6 heteroatoms. The zero-order valence-electron chi connectivity index (χ0n) is 9.80. The number of aliphatic hydroxyl groups is 1. The van der Waals surface area contributed by atoms with Crippen LogP contribution in [0.2, 0.25) is 0 Å². The Balaban J connectivity index is 2.31. The summed E-state index contributed by atoms with van der Waals surface area (Å²) in [7, 11) is 0. The van der Waals surface area contributed by atoms with Gasteiger partial charge in [-0.2, -0.15) is 0 Å². The highest BCUT2D eigenvalue weighted by molar-refractivity contribution is 7.99. The van der Waals surface area contributed by atoms with Gasteiger partial charge >= 0.3 is 0 Å². The molecule has 0 spiro atoms. The molecule has 0 aliphatic rings. The Hall–Kier alpha value is -1.79. The third kappa shape index (κ3) is 2.72. The summed E-state index contributed by atoms with van der Waals surface area (Å²) in [6.07, 6.45) is 0. The van der Waals surface area contributed by atoms with Crippen LogP contribution in [0.5, 0.6) is 0 Å². The third-order valence-electron chi connectivity index (χ3n) is 2.39. The van der Waals surface area contributed by atoms with E-state index in [1.165, 1.54) is 11.8 Å². The lowest BCUT2D eigenvalue weighted by molar-refractivity contribution is 0.282. The summed E-state index contributed by atoms with van der Waals surface area (Å²) in [5.74, 6) is 0.123. The Morgan fingerprint density at radius 2 is 2.06 bits per heavy atom. The van der Waals surface area contributed by atoms with E-state index in [1.807, 2.05) is 24.3 Å². The van der Waals surface area contributed by atoms with Gasteiger partial charge in [-0.1, -0.05) is 23.9 Å². The predicted molar refractivity (Wildman–Crippen MR) is 70.5 cm³/mol. The molecule has 1 heterocycles. The van der Waals surface area contributed by atoms with Crippen molar-refractivity contribution in [3.63, 3.8) is 0 Å². The van der Waals surface area contributed by atoms with E-state index in [9.17, 15) is 4.79 Å². The van der Waals surface area contributed by atoms with Crippen molar-refractivity contribution in [1.82, 2.24) is 9.97 Å². The molecular weight excluding hydrogens is 250 g/mol. The van der Waals surface area contributed by atoms with Crippen LogP contribution in [-0.2, 0) is 6.61 Å². The summed E-state index contributed by atoms with van der Waals surface area (Å²) in [6, 6.07) is 7.34. The molecule has 2 aromatic rings. The summed E-state index contributed by atoms with van der Waals surface area (Å²) < 4.78 is 0. The standard InChI is InChI=1S/C12H13N3O2S/c1-7-10(11(17)15-12(13)14-7)18-9-4-2-8(6-16)3-5-9/h2-5,16H,6H2,1H3,(H3,13,14,15,17). The molecule has 0 bridgehead atoms. The molecule has 1 aromatic carbocycles. The first-order chi connectivity index (χ1) is 8.60. The van der Waals surface area contributed by atoms with Gasteiger partial charge in [0.1, 0.15) is 0 Å². The summed E-state index contributed by atoms with van der Waals surface area (Å²) in [4.78, 5) is 19.7. The molecule has 4 N–H and O–H groups in total. The zero-order valence-corrected chi connectivity index (χ0v) is 10.6. The largest absolute Gasteiger partial charge is 0.392 e. The molecule has 5 nitrogen and oxygen atoms in total. The molecule has 0 unspecified atom stereocenters. The van der Waals surface area contributed by atoms with E-state index >= 15 is 0 Å². The second-order valence-corrected chi connectivity index (χ2v) is 4.85. The van der Waals surface area contributed by atoms with Crippen LogP contribution >= 0.6 is 11.8 Å². The maximum atomic E-state index is 11.8. The van der Waals surface area contributed by atoms with Crippen molar-refractivity contribution in [2.75, 3.05) is 5.73 Å². The van der Waals surface area contributed by atoms with Crippen LogP contribution in [0.25, 0.3) is 0 Å². The number of benzene rings is 1. The molecule has 1 aromatic heterocycles. The van der Waals surface area contributed by atoms with Crippen LogP contribution in [-0.4, -0.2) is 15.1 Å². The van der Waals surface area contributed by atoms with Gasteiger partial charge < -0.3 is 10.8 Å². The van der Waals surface area contributed by atoms with Crippen molar-refractivity contribution >= 4 is 17.7 Å². The Kier molecular flexibility index (Phi) is 3.69. The van der Waals surface area contributed by atoms with Gasteiger partial charge in [0.2, 0.25) is 5.95 Å². The molecule has 0 fully saturated rings. The number of anilines is 1. The highest BCUT2D eigenvalue weighted by Gasteiger charge is 2.08. The first-order valence-electron chi connectivity index (χ1n) is 5.34. The lowest BCUT2D eigenvalue weighted by Crippen LogP contribution is -2.14. The van der Waals surface area contributed by atoms with Gasteiger partial charge in [-0.3, -0.25) is 9.78 Å². The SMILES string of the molecule is Cc1nc(N)[nH]c(=O)c1Sc1ccc(CO)cc1. The van der Waals surface area contributed by atoms with Crippen molar-refractivity contribution in [1.29, 1.82) is 0 Å². The Labute approximate surface area is 108 Å². The van der Waals surface area contributed by atoms with Gasteiger partial charge in [0.15, 0.2) is 0 Å². The average molecular weight is 263 g/mol. The third-order valence-corrected chi connectivity index (χ3v) is 3.58. The fourth-order valence-electron chi connectivity index (χ4n) is 1.50. The molecule has 94 valence electrons. The number of aliphatic hydroxyl groups excluding tert-OH is 1. The van der Waals surface area contributed by atoms with Crippen LogP contribution in [0.15, 0.2) is 38.9 Å². The number of aromatic amines is 1. The second kappa shape index (κ2) is 5.24. The minimum atomic E-state index is -0.240. The van der Waals surface area contributed by atoms with Gasteiger partial charge in [0, 0.05) is 4.90 Å². The zero-order chi connectivity index (χ0) is 13.1. The average Bonchev–Trinajstić information content (AvgIpc) is 2.34. The molecular formula is C12H13N3O2S. The Morgan fingerprint density at radius 3 is 2.61 bits per heavy atom. The highest BCUT2D eigenvalue weighted by atomic mass is 32.2. The van der Waals surface area contributed by atoms with Crippen molar-refractivity contribution in [2.24, 2.45) is 0 Å². The van der Waals surface area contributed by atoms with Crippen LogP contribution in [0, 0.1) is 6.92 Å². The first-order valence-corrected chi connectivity index (χ1v) is 6.16. The molecule has 2 rings (SSSR count). The number of hydrogen-bond acceptors (Lipinski definition) is 5. The highest BCUT2D eigenvalue weighted by Crippen LogP contribution is 2.26. The fraction of sp³-hybridized carbons (Fsp3) is 0.167. The monoisotopic (exact) mass is 263 g/mol. The number of aryl methyl sites for hydroxylation is 1. The number of aromatic nitrogens is 2. The quantitative estimate of drug-likeness (QED) is 0.776. The molecule has 0 atom stereocenters. The number of nitrogen functional groups attached to an aromatic ring is 1. The lowest BCUT2D eigenvalue weighted by Gasteiger charge is -2.05. The molecule has 18 heavy (non-hydrogen) atoms. The van der Waals surface area contributed by atoms with Gasteiger partial charge in [0.25, 0.3) is 5.56 Å². The minimum Gasteiger partial charge on any atom is -0.392 e. The van der Waals surface area contributed by atoms with E-state index in [4.69, 9.17) is 10.8 Å². The van der Waals surface area contributed by atoms with E-state index < -0.39 is 0 Å². The first kappa shape index (κ1) is 12.7. The summed E-state index contributed by atoms with van der Waals surface area (Å²) in [5, 5.41) is 8.95. The number of nitrogens with zero attached hydrogens (tertiary/aromatic N) is 1.